The number of carboxylic acids is 1. The number of benzene rings is 1. The normalized spacial score (nSPS) is 13.6. The summed E-state index contributed by atoms with van der Waals surface area (Å²) < 4.78 is 13.3. The zero-order valence-corrected chi connectivity index (χ0v) is 9.79. The SMILES string of the molecule is C[C@](N)(Cc1cc(O)c(O)cc1F)C(=O)O.Cl. The number of hydrogen-bond acceptors (Lipinski definition) is 4. The molecule has 1 rings (SSSR count). The quantitative estimate of drug-likeness (QED) is 0.611. The molecule has 5 nitrogen and oxygen atoms in total. The molecular weight excluding hydrogens is 253 g/mol. The van der Waals surface area contributed by atoms with Gasteiger partial charge in [0.15, 0.2) is 11.5 Å². The predicted octanol–water partition coefficient (Wildman–Crippen LogP) is 1.00. The molecule has 1 aromatic rings. The summed E-state index contributed by atoms with van der Waals surface area (Å²) in [5, 5.41) is 26.9. The molecule has 0 saturated carbocycles. The average molecular weight is 266 g/mol. The molecule has 1 atom stereocenters. The lowest BCUT2D eigenvalue weighted by atomic mass is 9.93. The molecule has 0 aliphatic heterocycles. The Bertz CT molecular complexity index is 437. The fraction of sp³-hybridized carbons (Fsp3) is 0.300. The van der Waals surface area contributed by atoms with Crippen LogP contribution >= 0.6 is 12.4 Å². The van der Waals surface area contributed by atoms with E-state index in [1.807, 2.05) is 0 Å². The van der Waals surface area contributed by atoms with Crippen molar-refractivity contribution in [1.29, 1.82) is 0 Å². The monoisotopic (exact) mass is 265 g/mol. The first-order valence-electron chi connectivity index (χ1n) is 4.46. The lowest BCUT2D eigenvalue weighted by molar-refractivity contribution is -0.142. The van der Waals surface area contributed by atoms with E-state index in [0.717, 1.165) is 6.07 Å². The Labute approximate surface area is 103 Å². The van der Waals surface area contributed by atoms with E-state index in [2.05, 4.69) is 0 Å². The summed E-state index contributed by atoms with van der Waals surface area (Å²) in [7, 11) is 0. The van der Waals surface area contributed by atoms with Gasteiger partial charge in [0.25, 0.3) is 0 Å². The van der Waals surface area contributed by atoms with Gasteiger partial charge in [-0.15, -0.1) is 12.4 Å². The summed E-state index contributed by atoms with van der Waals surface area (Å²) in [5.41, 5.74) is 3.74. The second kappa shape index (κ2) is 5.20. The van der Waals surface area contributed by atoms with Crippen LogP contribution in [0.25, 0.3) is 0 Å². The topological polar surface area (TPSA) is 104 Å². The lowest BCUT2D eigenvalue weighted by Crippen LogP contribution is -2.47. The summed E-state index contributed by atoms with van der Waals surface area (Å²) in [5.74, 6) is -3.21. The third kappa shape index (κ3) is 3.47. The molecule has 17 heavy (non-hydrogen) atoms. The maximum atomic E-state index is 13.3. The van der Waals surface area contributed by atoms with Crippen molar-refractivity contribution in [3.8, 4) is 11.5 Å². The fourth-order valence-corrected chi connectivity index (χ4v) is 1.20. The van der Waals surface area contributed by atoms with Gasteiger partial charge in [-0.25, -0.2) is 4.39 Å². The first-order chi connectivity index (χ1) is 7.24. The molecule has 96 valence electrons. The Morgan fingerprint density at radius 1 is 1.41 bits per heavy atom. The van der Waals surface area contributed by atoms with Gasteiger partial charge in [0.1, 0.15) is 11.4 Å². The Hall–Kier alpha value is -1.53. The van der Waals surface area contributed by atoms with Crippen LogP contribution in [0.5, 0.6) is 11.5 Å². The predicted molar refractivity (Wildman–Crippen MR) is 60.9 cm³/mol. The first kappa shape index (κ1) is 15.5. The molecule has 0 aliphatic carbocycles. The number of aliphatic carboxylic acids is 1. The summed E-state index contributed by atoms with van der Waals surface area (Å²) in [6, 6.07) is 1.67. The first-order valence-corrected chi connectivity index (χ1v) is 4.46. The number of nitrogens with two attached hydrogens (primary N) is 1. The van der Waals surface area contributed by atoms with E-state index in [1.165, 1.54) is 6.92 Å². The van der Waals surface area contributed by atoms with Gasteiger partial charge in [0.2, 0.25) is 0 Å². The number of rotatable bonds is 3. The standard InChI is InChI=1S/C10H12FNO4.ClH/c1-10(12,9(15)16)4-5-2-7(13)8(14)3-6(5)11;/h2-3,13-14H,4,12H2,1H3,(H,15,16);1H/t10-;/m0./s1. The van der Waals surface area contributed by atoms with Gasteiger partial charge in [-0.3, -0.25) is 4.79 Å². The molecular formula is C10H13ClFNO4. The molecule has 0 amide bonds. The lowest BCUT2D eigenvalue weighted by Gasteiger charge is -2.19. The van der Waals surface area contributed by atoms with Gasteiger partial charge in [0, 0.05) is 12.5 Å². The summed E-state index contributed by atoms with van der Waals surface area (Å²) in [6.07, 6.45) is -0.290. The van der Waals surface area contributed by atoms with Gasteiger partial charge < -0.3 is 21.1 Å². The summed E-state index contributed by atoms with van der Waals surface area (Å²) in [4.78, 5) is 10.7. The van der Waals surface area contributed by atoms with Crippen molar-refractivity contribution < 1.29 is 24.5 Å². The zero-order valence-electron chi connectivity index (χ0n) is 8.98. The molecule has 0 heterocycles. The maximum absolute atomic E-state index is 13.3. The highest BCUT2D eigenvalue weighted by atomic mass is 35.5. The van der Waals surface area contributed by atoms with Gasteiger partial charge in [-0.2, -0.15) is 0 Å². The molecule has 0 unspecified atom stereocenters. The van der Waals surface area contributed by atoms with E-state index in [1.54, 1.807) is 0 Å². The highest BCUT2D eigenvalue weighted by Gasteiger charge is 2.29. The van der Waals surface area contributed by atoms with Crippen LogP contribution in [0.3, 0.4) is 0 Å². The van der Waals surface area contributed by atoms with Crippen LogP contribution in [0.2, 0.25) is 0 Å². The van der Waals surface area contributed by atoms with E-state index in [-0.39, 0.29) is 24.4 Å². The molecule has 7 heteroatoms. The number of hydrogen-bond donors (Lipinski definition) is 4. The van der Waals surface area contributed by atoms with Crippen LogP contribution in [-0.4, -0.2) is 26.8 Å². The minimum absolute atomic E-state index is 0. The third-order valence-corrected chi connectivity index (χ3v) is 2.19. The summed E-state index contributed by atoms with van der Waals surface area (Å²) >= 11 is 0. The number of aromatic hydroxyl groups is 2. The van der Waals surface area contributed by atoms with Crippen molar-refractivity contribution >= 4 is 18.4 Å². The van der Waals surface area contributed by atoms with E-state index in [0.29, 0.717) is 6.07 Å². The maximum Gasteiger partial charge on any atom is 0.323 e. The smallest absolute Gasteiger partial charge is 0.323 e. The Balaban J connectivity index is 0.00000256. The van der Waals surface area contributed by atoms with Crippen LogP contribution in [0.4, 0.5) is 4.39 Å². The molecule has 0 aromatic heterocycles. The average Bonchev–Trinajstić information content (AvgIpc) is 2.13. The van der Waals surface area contributed by atoms with Crippen molar-refractivity contribution in [2.24, 2.45) is 5.73 Å². The van der Waals surface area contributed by atoms with Crippen LogP contribution in [-0.2, 0) is 11.2 Å². The second-order valence-electron chi connectivity index (χ2n) is 3.83. The van der Waals surface area contributed by atoms with Gasteiger partial charge >= 0.3 is 5.97 Å². The molecule has 0 saturated heterocycles. The molecule has 0 aliphatic rings. The highest BCUT2D eigenvalue weighted by molar-refractivity contribution is 5.85. The second-order valence-corrected chi connectivity index (χ2v) is 3.83. The third-order valence-electron chi connectivity index (χ3n) is 2.19. The van der Waals surface area contributed by atoms with E-state index < -0.39 is 28.8 Å². The molecule has 0 radical (unpaired) electrons. The molecule has 1 aromatic carbocycles. The van der Waals surface area contributed by atoms with Crippen LogP contribution < -0.4 is 5.73 Å². The molecule has 0 spiro atoms. The zero-order chi connectivity index (χ0) is 12.5. The van der Waals surface area contributed by atoms with Crippen LogP contribution in [0.15, 0.2) is 12.1 Å². The van der Waals surface area contributed by atoms with Crippen molar-refractivity contribution in [2.75, 3.05) is 0 Å². The summed E-state index contributed by atoms with van der Waals surface area (Å²) in [6.45, 7) is 1.23. The minimum Gasteiger partial charge on any atom is -0.504 e. The van der Waals surface area contributed by atoms with Gasteiger partial charge in [-0.1, -0.05) is 0 Å². The number of halogens is 2. The Morgan fingerprint density at radius 2 is 1.88 bits per heavy atom. The van der Waals surface area contributed by atoms with Gasteiger partial charge in [0.05, 0.1) is 0 Å². The van der Waals surface area contributed by atoms with Gasteiger partial charge in [-0.05, 0) is 18.6 Å². The van der Waals surface area contributed by atoms with Crippen molar-refractivity contribution in [3.05, 3.63) is 23.5 Å². The largest absolute Gasteiger partial charge is 0.504 e. The van der Waals surface area contributed by atoms with E-state index in [4.69, 9.17) is 21.1 Å². The number of phenolic OH excluding ortho intramolecular Hbond substituents is 2. The number of carbonyl (C=O) groups is 1. The number of carboxylic acid groups (broad SMARTS) is 1. The number of phenols is 2. The highest BCUT2D eigenvalue weighted by Crippen LogP contribution is 2.29. The van der Waals surface area contributed by atoms with Crippen molar-refractivity contribution in [2.45, 2.75) is 18.9 Å². The van der Waals surface area contributed by atoms with Crippen molar-refractivity contribution in [3.63, 3.8) is 0 Å². The van der Waals surface area contributed by atoms with Crippen molar-refractivity contribution in [1.82, 2.24) is 0 Å². The van der Waals surface area contributed by atoms with E-state index >= 15 is 0 Å². The molecule has 0 bridgehead atoms. The Morgan fingerprint density at radius 3 is 2.35 bits per heavy atom. The van der Waals surface area contributed by atoms with Crippen LogP contribution in [0, 0.1) is 5.82 Å². The Kier molecular flexibility index (Phi) is 4.73. The molecule has 0 fully saturated rings. The minimum atomic E-state index is -1.63. The van der Waals surface area contributed by atoms with Crippen LogP contribution in [0.1, 0.15) is 12.5 Å². The fourth-order valence-electron chi connectivity index (χ4n) is 1.20. The molecule has 5 N–H and O–H groups in total. The van der Waals surface area contributed by atoms with E-state index in [9.17, 15) is 9.18 Å².